The third-order valence-corrected chi connectivity index (χ3v) is 2.03. The maximum atomic E-state index is 11.4. The van der Waals surface area contributed by atoms with Gasteiger partial charge in [0.05, 0.1) is 13.2 Å². The van der Waals surface area contributed by atoms with Crippen molar-refractivity contribution in [1.29, 1.82) is 0 Å². The Morgan fingerprint density at radius 2 is 1.88 bits per heavy atom. The summed E-state index contributed by atoms with van der Waals surface area (Å²) in [6.07, 6.45) is -0.823. The van der Waals surface area contributed by atoms with E-state index in [2.05, 4.69) is 20.0 Å². The van der Waals surface area contributed by atoms with Gasteiger partial charge >= 0.3 is 11.9 Å². The van der Waals surface area contributed by atoms with E-state index < -0.39 is 12.0 Å². The SMILES string of the molecule is CC1=NC(=O)C2=NC(OC(CO)CO)=NC2=N1. The van der Waals surface area contributed by atoms with E-state index in [0.29, 0.717) is 5.84 Å². The van der Waals surface area contributed by atoms with Gasteiger partial charge in [0, 0.05) is 0 Å². The zero-order chi connectivity index (χ0) is 12.4. The Labute approximate surface area is 96.1 Å². The van der Waals surface area contributed by atoms with E-state index in [0.717, 1.165) is 0 Å². The number of hydrogen-bond donors (Lipinski definition) is 2. The molecule has 0 saturated heterocycles. The standard InChI is InChI=1S/C9H10N4O4/c1-4-10-7-6(8(16)11-4)12-9(13-7)17-5(2-14)3-15/h5,14-15H,2-3H2,1H3. The molecule has 0 aromatic rings. The van der Waals surface area contributed by atoms with Crippen LogP contribution in [0.3, 0.4) is 0 Å². The maximum absolute atomic E-state index is 11.4. The second kappa shape index (κ2) is 4.52. The fraction of sp³-hybridized carbons (Fsp3) is 0.444. The second-order valence-corrected chi connectivity index (χ2v) is 3.36. The average Bonchev–Trinajstić information content (AvgIpc) is 2.68. The lowest BCUT2D eigenvalue weighted by molar-refractivity contribution is -0.111. The van der Waals surface area contributed by atoms with Gasteiger partial charge in [-0.1, -0.05) is 0 Å². The first-order valence-corrected chi connectivity index (χ1v) is 4.88. The van der Waals surface area contributed by atoms with E-state index in [1.54, 1.807) is 6.92 Å². The first-order valence-electron chi connectivity index (χ1n) is 4.88. The molecule has 0 aromatic carbocycles. The number of nitrogens with zero attached hydrogens (tertiary/aromatic N) is 4. The van der Waals surface area contributed by atoms with Crippen LogP contribution in [0.2, 0.25) is 0 Å². The molecule has 0 spiro atoms. The Balaban J connectivity index is 2.18. The number of fused-ring (bicyclic) bond motifs is 1. The van der Waals surface area contributed by atoms with Crippen LogP contribution in [0.25, 0.3) is 0 Å². The van der Waals surface area contributed by atoms with Crippen molar-refractivity contribution in [3.05, 3.63) is 0 Å². The molecule has 0 unspecified atom stereocenters. The van der Waals surface area contributed by atoms with Crippen molar-refractivity contribution < 1.29 is 19.7 Å². The third-order valence-electron chi connectivity index (χ3n) is 2.03. The molecule has 8 heteroatoms. The quantitative estimate of drug-likeness (QED) is 0.623. The van der Waals surface area contributed by atoms with Crippen LogP contribution in [0.15, 0.2) is 20.0 Å². The highest BCUT2D eigenvalue weighted by atomic mass is 16.5. The molecule has 2 rings (SSSR count). The number of rotatable bonds is 3. The van der Waals surface area contributed by atoms with Crippen molar-refractivity contribution >= 4 is 29.3 Å². The normalized spacial score (nSPS) is 18.5. The minimum atomic E-state index is -0.823. The lowest BCUT2D eigenvalue weighted by Crippen LogP contribution is -2.25. The Morgan fingerprint density at radius 1 is 1.18 bits per heavy atom. The summed E-state index contributed by atoms with van der Waals surface area (Å²) in [5.41, 5.74) is 0.0141. The zero-order valence-electron chi connectivity index (χ0n) is 8.99. The fourth-order valence-corrected chi connectivity index (χ4v) is 1.25. The predicted molar refractivity (Wildman–Crippen MR) is 59.5 cm³/mol. The summed E-state index contributed by atoms with van der Waals surface area (Å²) in [5, 5.41) is 17.7. The Hall–Kier alpha value is -1.93. The number of aliphatic imine (C=N–C) groups is 4. The summed E-state index contributed by atoms with van der Waals surface area (Å²) >= 11 is 0. The van der Waals surface area contributed by atoms with Crippen LogP contribution in [0.4, 0.5) is 0 Å². The maximum Gasteiger partial charge on any atom is 0.319 e. The minimum Gasteiger partial charge on any atom is -0.455 e. The topological polar surface area (TPSA) is 116 Å². The van der Waals surface area contributed by atoms with Gasteiger partial charge in [-0.25, -0.2) is 4.99 Å². The molecule has 0 aliphatic carbocycles. The van der Waals surface area contributed by atoms with Gasteiger partial charge in [-0.2, -0.15) is 15.0 Å². The molecular weight excluding hydrogens is 228 g/mol. The van der Waals surface area contributed by atoms with Crippen molar-refractivity contribution in [3.8, 4) is 0 Å². The lowest BCUT2D eigenvalue weighted by Gasteiger charge is -2.10. The summed E-state index contributed by atoms with van der Waals surface area (Å²) < 4.78 is 5.06. The number of carbonyl (C=O) groups excluding carboxylic acids is 1. The van der Waals surface area contributed by atoms with Gasteiger partial charge in [0.1, 0.15) is 11.9 Å². The average molecular weight is 238 g/mol. The number of carbonyl (C=O) groups is 1. The van der Waals surface area contributed by atoms with Crippen LogP contribution in [-0.4, -0.2) is 58.8 Å². The van der Waals surface area contributed by atoms with E-state index in [-0.39, 0.29) is 30.8 Å². The number of hydrogen-bond acceptors (Lipinski definition) is 7. The van der Waals surface area contributed by atoms with Crippen LogP contribution in [0, 0.1) is 0 Å². The van der Waals surface area contributed by atoms with E-state index in [1.165, 1.54) is 0 Å². The fourth-order valence-electron chi connectivity index (χ4n) is 1.25. The van der Waals surface area contributed by atoms with Gasteiger partial charge in [-0.15, -0.1) is 0 Å². The van der Waals surface area contributed by atoms with Crippen LogP contribution < -0.4 is 0 Å². The molecule has 0 radical (unpaired) electrons. The van der Waals surface area contributed by atoms with E-state index in [4.69, 9.17) is 14.9 Å². The molecular formula is C9H10N4O4. The smallest absolute Gasteiger partial charge is 0.319 e. The molecule has 2 aliphatic heterocycles. The number of aliphatic hydroxyl groups is 2. The van der Waals surface area contributed by atoms with Crippen molar-refractivity contribution in [3.63, 3.8) is 0 Å². The van der Waals surface area contributed by atoms with Crippen molar-refractivity contribution in [1.82, 2.24) is 0 Å². The Kier molecular flexibility index (Phi) is 3.07. The molecule has 0 bridgehead atoms. The lowest BCUT2D eigenvalue weighted by atomic mass is 10.3. The molecule has 2 aliphatic rings. The van der Waals surface area contributed by atoms with Gasteiger partial charge in [0.15, 0.2) is 11.5 Å². The minimum absolute atomic E-state index is 0.0141. The summed E-state index contributed by atoms with van der Waals surface area (Å²) in [6.45, 7) is 0.812. The molecule has 0 atom stereocenters. The van der Waals surface area contributed by atoms with Gasteiger partial charge in [-0.05, 0) is 6.92 Å². The van der Waals surface area contributed by atoms with Crippen LogP contribution in [0.5, 0.6) is 0 Å². The monoisotopic (exact) mass is 238 g/mol. The molecule has 90 valence electrons. The van der Waals surface area contributed by atoms with Gasteiger partial charge in [0.25, 0.3) is 0 Å². The largest absolute Gasteiger partial charge is 0.455 e. The van der Waals surface area contributed by atoms with Gasteiger partial charge < -0.3 is 14.9 Å². The molecule has 17 heavy (non-hydrogen) atoms. The number of aliphatic hydroxyl groups excluding tert-OH is 2. The Morgan fingerprint density at radius 3 is 2.53 bits per heavy atom. The number of amidine groups is 3. The highest BCUT2D eigenvalue weighted by Gasteiger charge is 2.29. The summed E-state index contributed by atoms with van der Waals surface area (Å²) in [7, 11) is 0. The third kappa shape index (κ3) is 2.27. The predicted octanol–water partition coefficient (Wildman–Crippen LogP) is -1.48. The molecule has 0 saturated carbocycles. The molecule has 0 aromatic heterocycles. The van der Waals surface area contributed by atoms with Crippen LogP contribution >= 0.6 is 0 Å². The number of ether oxygens (including phenoxy) is 1. The van der Waals surface area contributed by atoms with E-state index in [1.807, 2.05) is 0 Å². The van der Waals surface area contributed by atoms with Crippen molar-refractivity contribution in [2.75, 3.05) is 13.2 Å². The van der Waals surface area contributed by atoms with Gasteiger partial charge in [-0.3, -0.25) is 4.79 Å². The molecule has 8 nitrogen and oxygen atoms in total. The summed E-state index contributed by atoms with van der Waals surface area (Å²) in [5.74, 6) is -0.0821. The van der Waals surface area contributed by atoms with E-state index >= 15 is 0 Å². The molecule has 2 heterocycles. The Bertz CT molecular complexity index is 473. The van der Waals surface area contributed by atoms with Crippen molar-refractivity contribution in [2.24, 2.45) is 20.0 Å². The van der Waals surface area contributed by atoms with Crippen LogP contribution in [0.1, 0.15) is 6.92 Å². The first-order chi connectivity index (χ1) is 8.13. The molecule has 2 N–H and O–H groups in total. The van der Waals surface area contributed by atoms with Gasteiger partial charge in [0.2, 0.25) is 0 Å². The highest BCUT2D eigenvalue weighted by Crippen LogP contribution is 2.09. The first kappa shape index (κ1) is 11.6. The highest BCUT2D eigenvalue weighted by molar-refractivity contribution is 6.71. The zero-order valence-corrected chi connectivity index (χ0v) is 8.99. The molecule has 0 fully saturated rings. The summed E-state index contributed by atoms with van der Waals surface area (Å²) in [4.78, 5) is 26.6. The van der Waals surface area contributed by atoms with E-state index in [9.17, 15) is 4.79 Å². The number of amides is 1. The molecule has 1 amide bonds. The summed E-state index contributed by atoms with van der Waals surface area (Å²) in [6, 6.07) is -0.106. The second-order valence-electron chi connectivity index (χ2n) is 3.36. The van der Waals surface area contributed by atoms with Crippen LogP contribution in [-0.2, 0) is 9.53 Å². The van der Waals surface area contributed by atoms with Crippen molar-refractivity contribution in [2.45, 2.75) is 13.0 Å².